The van der Waals surface area contributed by atoms with Gasteiger partial charge in [0.05, 0.1) is 4.90 Å². The van der Waals surface area contributed by atoms with E-state index in [1.54, 1.807) is 6.07 Å². The number of nitrogens with two attached hydrogens (primary N) is 1. The minimum absolute atomic E-state index is 0.0876. The van der Waals surface area contributed by atoms with Crippen LogP contribution in [0.25, 0.3) is 0 Å². The zero-order chi connectivity index (χ0) is 14.0. The average molecular weight is 344 g/mol. The summed E-state index contributed by atoms with van der Waals surface area (Å²) in [7, 11) is -1.71. The lowest BCUT2D eigenvalue weighted by molar-refractivity contribution is 0.598. The fraction of sp³-hybridized carbons (Fsp3) is 0.167. The van der Waals surface area contributed by atoms with E-state index in [1.807, 2.05) is 30.1 Å². The molecule has 0 unspecified atom stereocenters. The van der Waals surface area contributed by atoms with Gasteiger partial charge < -0.3 is 9.88 Å². The minimum atomic E-state index is -3.67. The first-order valence-electron chi connectivity index (χ1n) is 5.53. The smallest absolute Gasteiger partial charge is 0.238 e. The first-order chi connectivity index (χ1) is 8.86. The van der Waals surface area contributed by atoms with E-state index in [4.69, 9.17) is 5.14 Å². The Balaban J connectivity index is 2.14. The normalized spacial score (nSPS) is 11.5. The monoisotopic (exact) mass is 343 g/mol. The molecular weight excluding hydrogens is 330 g/mol. The molecule has 19 heavy (non-hydrogen) atoms. The summed E-state index contributed by atoms with van der Waals surface area (Å²) >= 11 is 3.33. The van der Waals surface area contributed by atoms with E-state index in [2.05, 4.69) is 21.2 Å². The van der Waals surface area contributed by atoms with Crippen LogP contribution < -0.4 is 10.5 Å². The molecule has 1 aromatic carbocycles. The SMILES string of the molecule is Cn1ccc(CNc2ccc(S(N)(=O)=O)cc2Br)c1. The predicted octanol–water partition coefficient (Wildman–Crippen LogP) is 2.05. The molecule has 0 spiro atoms. The molecule has 0 saturated carbocycles. The summed E-state index contributed by atoms with van der Waals surface area (Å²) in [5.41, 5.74) is 1.96. The summed E-state index contributed by atoms with van der Waals surface area (Å²) in [5, 5.41) is 8.30. The molecule has 5 nitrogen and oxygen atoms in total. The van der Waals surface area contributed by atoms with E-state index in [0.717, 1.165) is 11.3 Å². The van der Waals surface area contributed by atoms with E-state index < -0.39 is 10.0 Å². The summed E-state index contributed by atoms with van der Waals surface area (Å²) < 4.78 is 25.1. The van der Waals surface area contributed by atoms with Crippen molar-refractivity contribution in [2.24, 2.45) is 12.2 Å². The first-order valence-corrected chi connectivity index (χ1v) is 7.87. The van der Waals surface area contributed by atoms with Crippen LogP contribution in [0.3, 0.4) is 0 Å². The fourth-order valence-electron chi connectivity index (χ4n) is 1.68. The van der Waals surface area contributed by atoms with Gasteiger partial charge in [-0.3, -0.25) is 0 Å². The molecule has 7 heteroatoms. The van der Waals surface area contributed by atoms with Crippen molar-refractivity contribution in [2.75, 3.05) is 5.32 Å². The molecule has 1 aromatic heterocycles. The maximum absolute atomic E-state index is 11.2. The third kappa shape index (κ3) is 3.59. The van der Waals surface area contributed by atoms with Crippen molar-refractivity contribution in [1.29, 1.82) is 0 Å². The molecular formula is C12H14BrN3O2S. The molecule has 2 rings (SSSR count). The Morgan fingerprint density at radius 2 is 2.11 bits per heavy atom. The number of nitrogens with one attached hydrogen (secondary N) is 1. The number of anilines is 1. The van der Waals surface area contributed by atoms with Crippen LogP contribution in [0.2, 0.25) is 0 Å². The lowest BCUT2D eigenvalue weighted by atomic mass is 10.3. The Morgan fingerprint density at radius 3 is 2.63 bits per heavy atom. The second kappa shape index (κ2) is 5.36. The highest BCUT2D eigenvalue weighted by molar-refractivity contribution is 9.10. The fourth-order valence-corrected chi connectivity index (χ4v) is 2.89. The van der Waals surface area contributed by atoms with E-state index in [-0.39, 0.29) is 4.90 Å². The summed E-state index contributed by atoms with van der Waals surface area (Å²) in [6, 6.07) is 6.67. The standard InChI is InChI=1S/C12H14BrN3O2S/c1-16-5-4-9(8-16)7-15-12-3-2-10(6-11(12)13)19(14,17)18/h2-6,8,15H,7H2,1H3,(H2,14,17,18). The molecule has 0 aliphatic heterocycles. The van der Waals surface area contributed by atoms with Crippen molar-refractivity contribution in [3.63, 3.8) is 0 Å². The van der Waals surface area contributed by atoms with Gasteiger partial charge in [0.25, 0.3) is 0 Å². The van der Waals surface area contributed by atoms with E-state index in [9.17, 15) is 8.42 Å². The zero-order valence-electron chi connectivity index (χ0n) is 10.3. The Hall–Kier alpha value is -1.31. The molecule has 3 N–H and O–H groups in total. The molecule has 0 atom stereocenters. The lowest BCUT2D eigenvalue weighted by Gasteiger charge is -2.09. The van der Waals surface area contributed by atoms with E-state index in [0.29, 0.717) is 11.0 Å². The van der Waals surface area contributed by atoms with Gasteiger partial charge in [0, 0.05) is 36.1 Å². The van der Waals surface area contributed by atoms with Crippen molar-refractivity contribution in [2.45, 2.75) is 11.4 Å². The molecule has 0 aliphatic rings. The highest BCUT2D eigenvalue weighted by atomic mass is 79.9. The van der Waals surface area contributed by atoms with Crippen molar-refractivity contribution >= 4 is 31.6 Å². The van der Waals surface area contributed by atoms with Gasteiger partial charge in [-0.15, -0.1) is 0 Å². The quantitative estimate of drug-likeness (QED) is 0.891. The summed E-state index contributed by atoms with van der Waals surface area (Å²) in [6.45, 7) is 0.661. The number of hydrogen-bond donors (Lipinski definition) is 2. The summed E-state index contributed by atoms with van der Waals surface area (Å²) in [4.78, 5) is 0.0876. The Kier molecular flexibility index (Phi) is 3.98. The van der Waals surface area contributed by atoms with E-state index in [1.165, 1.54) is 12.1 Å². The summed E-state index contributed by atoms with van der Waals surface area (Å²) in [6.07, 6.45) is 3.98. The van der Waals surface area contributed by atoms with Gasteiger partial charge in [0.2, 0.25) is 10.0 Å². The number of sulfonamides is 1. The number of halogens is 1. The molecule has 2 aromatic rings. The first kappa shape index (κ1) is 14.1. The molecule has 0 fully saturated rings. The van der Waals surface area contributed by atoms with Crippen molar-refractivity contribution in [3.8, 4) is 0 Å². The zero-order valence-corrected chi connectivity index (χ0v) is 12.7. The maximum atomic E-state index is 11.2. The molecule has 0 radical (unpaired) electrons. The van der Waals surface area contributed by atoms with Crippen LogP contribution in [0.4, 0.5) is 5.69 Å². The second-order valence-electron chi connectivity index (χ2n) is 4.23. The van der Waals surface area contributed by atoms with E-state index >= 15 is 0 Å². The number of benzene rings is 1. The molecule has 0 aliphatic carbocycles. The molecule has 0 amide bonds. The topological polar surface area (TPSA) is 77.1 Å². The third-order valence-corrected chi connectivity index (χ3v) is 4.21. The third-order valence-electron chi connectivity index (χ3n) is 2.65. The number of hydrogen-bond acceptors (Lipinski definition) is 3. The molecule has 0 saturated heterocycles. The second-order valence-corrected chi connectivity index (χ2v) is 6.64. The molecule has 102 valence electrons. The van der Waals surface area contributed by atoms with Crippen LogP contribution in [-0.4, -0.2) is 13.0 Å². The number of aromatic nitrogens is 1. The van der Waals surface area contributed by atoms with Crippen molar-refractivity contribution in [1.82, 2.24) is 4.57 Å². The van der Waals surface area contributed by atoms with Crippen LogP contribution in [0.1, 0.15) is 5.56 Å². The number of primary sulfonamides is 1. The van der Waals surface area contributed by atoms with Crippen LogP contribution in [-0.2, 0) is 23.6 Å². The van der Waals surface area contributed by atoms with Crippen LogP contribution >= 0.6 is 15.9 Å². The van der Waals surface area contributed by atoms with Crippen LogP contribution in [0.5, 0.6) is 0 Å². The van der Waals surface area contributed by atoms with Gasteiger partial charge in [-0.25, -0.2) is 13.6 Å². The van der Waals surface area contributed by atoms with Gasteiger partial charge in [-0.1, -0.05) is 0 Å². The Bertz CT molecular complexity index is 695. The van der Waals surface area contributed by atoms with Gasteiger partial charge >= 0.3 is 0 Å². The Morgan fingerprint density at radius 1 is 1.37 bits per heavy atom. The van der Waals surface area contributed by atoms with Gasteiger partial charge in [-0.05, 0) is 45.8 Å². The lowest BCUT2D eigenvalue weighted by Crippen LogP contribution is -2.12. The number of rotatable bonds is 4. The molecule has 1 heterocycles. The largest absolute Gasteiger partial charge is 0.380 e. The highest BCUT2D eigenvalue weighted by Gasteiger charge is 2.10. The highest BCUT2D eigenvalue weighted by Crippen LogP contribution is 2.25. The summed E-state index contributed by atoms with van der Waals surface area (Å²) in [5.74, 6) is 0. The maximum Gasteiger partial charge on any atom is 0.238 e. The van der Waals surface area contributed by atoms with Crippen LogP contribution in [0, 0.1) is 0 Å². The average Bonchev–Trinajstić information content (AvgIpc) is 2.72. The Labute approximate surface area is 120 Å². The predicted molar refractivity (Wildman–Crippen MR) is 78.3 cm³/mol. The van der Waals surface area contributed by atoms with Crippen LogP contribution in [0.15, 0.2) is 46.0 Å². The van der Waals surface area contributed by atoms with Gasteiger partial charge in [0.1, 0.15) is 0 Å². The number of nitrogens with zero attached hydrogens (tertiary/aromatic N) is 1. The van der Waals surface area contributed by atoms with Crippen molar-refractivity contribution < 1.29 is 8.42 Å². The minimum Gasteiger partial charge on any atom is -0.380 e. The van der Waals surface area contributed by atoms with Crippen molar-refractivity contribution in [3.05, 3.63) is 46.7 Å². The molecule has 0 bridgehead atoms. The number of aryl methyl sites for hydroxylation is 1. The van der Waals surface area contributed by atoms with Gasteiger partial charge in [-0.2, -0.15) is 0 Å². The van der Waals surface area contributed by atoms with Gasteiger partial charge in [0.15, 0.2) is 0 Å².